The molecule has 0 saturated carbocycles. The van der Waals surface area contributed by atoms with Crippen molar-refractivity contribution in [2.75, 3.05) is 24.1 Å². The summed E-state index contributed by atoms with van der Waals surface area (Å²) < 4.78 is 41.0. The summed E-state index contributed by atoms with van der Waals surface area (Å²) in [5.41, 5.74) is 5.70. The van der Waals surface area contributed by atoms with Gasteiger partial charge in [0.1, 0.15) is 0 Å². The summed E-state index contributed by atoms with van der Waals surface area (Å²) in [6.45, 7) is 4.52. The molecule has 8 nitrogen and oxygen atoms in total. The van der Waals surface area contributed by atoms with Gasteiger partial charge in [0, 0.05) is 55.9 Å². The van der Waals surface area contributed by atoms with E-state index in [-0.39, 0.29) is 23.1 Å². The highest BCUT2D eigenvalue weighted by molar-refractivity contribution is 5.91. The van der Waals surface area contributed by atoms with E-state index in [0.717, 1.165) is 30.7 Å². The highest BCUT2D eigenvalue weighted by Gasteiger charge is 2.31. The lowest BCUT2D eigenvalue weighted by molar-refractivity contribution is -0.137. The number of carbonyl (C=O) groups is 1. The molecule has 0 spiro atoms. The molecule has 35 heavy (non-hydrogen) atoms. The van der Waals surface area contributed by atoms with Gasteiger partial charge in [0.25, 0.3) is 5.56 Å². The number of anilines is 2. The van der Waals surface area contributed by atoms with E-state index in [0.29, 0.717) is 35.2 Å². The summed E-state index contributed by atoms with van der Waals surface area (Å²) in [7, 11) is 1.51. The van der Waals surface area contributed by atoms with Crippen LogP contribution in [-0.4, -0.2) is 38.7 Å². The van der Waals surface area contributed by atoms with Gasteiger partial charge in [0.15, 0.2) is 5.82 Å². The Morgan fingerprint density at radius 1 is 1.17 bits per heavy atom. The quantitative estimate of drug-likeness (QED) is 0.541. The number of nitrogen functional groups attached to an aromatic ring is 1. The van der Waals surface area contributed by atoms with Gasteiger partial charge >= 0.3 is 6.18 Å². The SMILES string of the molecule is CC(=O)N1CCC(c2cc3c(N[C@H](C)c4cc(N)cc(C(F)(F)F)c4)nn(C)c(=O)c3cn2)CC1. The maximum absolute atomic E-state index is 13.3. The van der Waals surface area contributed by atoms with Crippen LogP contribution < -0.4 is 16.6 Å². The largest absolute Gasteiger partial charge is 0.416 e. The Kier molecular flexibility index (Phi) is 6.44. The molecule has 1 aromatic carbocycles. The lowest BCUT2D eigenvalue weighted by Gasteiger charge is -2.31. The van der Waals surface area contributed by atoms with Crippen molar-refractivity contribution in [3.63, 3.8) is 0 Å². The van der Waals surface area contributed by atoms with Crippen LogP contribution in [0.4, 0.5) is 24.7 Å². The molecule has 1 amide bonds. The number of alkyl halides is 3. The van der Waals surface area contributed by atoms with Gasteiger partial charge in [-0.25, -0.2) is 4.68 Å². The predicted octanol–water partition coefficient (Wildman–Crippen LogP) is 3.83. The smallest absolute Gasteiger partial charge is 0.399 e. The Bertz CT molecular complexity index is 1330. The number of aryl methyl sites for hydroxylation is 1. The summed E-state index contributed by atoms with van der Waals surface area (Å²) in [5, 5.41) is 8.39. The Morgan fingerprint density at radius 2 is 1.86 bits per heavy atom. The van der Waals surface area contributed by atoms with E-state index in [9.17, 15) is 22.8 Å². The number of nitrogens with one attached hydrogen (secondary N) is 1. The number of piperidine rings is 1. The first-order valence-corrected chi connectivity index (χ1v) is 11.3. The minimum Gasteiger partial charge on any atom is -0.399 e. The molecule has 0 unspecified atom stereocenters. The molecule has 1 fully saturated rings. The van der Waals surface area contributed by atoms with Crippen molar-refractivity contribution >= 4 is 28.2 Å². The van der Waals surface area contributed by atoms with E-state index in [1.54, 1.807) is 18.7 Å². The second-order valence-corrected chi connectivity index (χ2v) is 8.96. The molecule has 2 aromatic heterocycles. The lowest BCUT2D eigenvalue weighted by Crippen LogP contribution is -2.36. The van der Waals surface area contributed by atoms with Crippen molar-refractivity contribution in [3.8, 4) is 0 Å². The lowest BCUT2D eigenvalue weighted by atomic mass is 9.92. The molecule has 186 valence electrons. The van der Waals surface area contributed by atoms with Crippen molar-refractivity contribution in [1.29, 1.82) is 0 Å². The first kappa shape index (κ1) is 24.5. The van der Waals surface area contributed by atoms with Crippen LogP contribution in [0.3, 0.4) is 0 Å². The van der Waals surface area contributed by atoms with E-state index in [1.807, 2.05) is 6.07 Å². The number of nitrogens with two attached hydrogens (primary N) is 1. The first-order valence-electron chi connectivity index (χ1n) is 11.3. The van der Waals surface area contributed by atoms with Gasteiger partial charge < -0.3 is 16.0 Å². The van der Waals surface area contributed by atoms with Gasteiger partial charge in [-0.1, -0.05) is 0 Å². The monoisotopic (exact) mass is 488 g/mol. The number of hydrogen-bond donors (Lipinski definition) is 2. The van der Waals surface area contributed by atoms with E-state index < -0.39 is 17.8 Å². The van der Waals surface area contributed by atoms with Gasteiger partial charge in [-0.05, 0) is 49.6 Å². The van der Waals surface area contributed by atoms with Crippen LogP contribution in [0.2, 0.25) is 0 Å². The van der Waals surface area contributed by atoms with Crippen LogP contribution in [0.15, 0.2) is 35.3 Å². The molecule has 1 aliphatic heterocycles. The first-order chi connectivity index (χ1) is 16.4. The number of halogens is 3. The summed E-state index contributed by atoms with van der Waals surface area (Å²) in [5.74, 6) is 0.515. The topological polar surface area (TPSA) is 106 Å². The fourth-order valence-electron chi connectivity index (χ4n) is 4.46. The van der Waals surface area contributed by atoms with Crippen molar-refractivity contribution in [3.05, 3.63) is 57.6 Å². The number of nitrogens with zero attached hydrogens (tertiary/aromatic N) is 4. The van der Waals surface area contributed by atoms with Gasteiger partial charge in [-0.15, -0.1) is 0 Å². The molecular formula is C24H27F3N6O2. The highest BCUT2D eigenvalue weighted by Crippen LogP contribution is 2.34. The van der Waals surface area contributed by atoms with Gasteiger partial charge in [-0.2, -0.15) is 18.3 Å². The van der Waals surface area contributed by atoms with Crippen molar-refractivity contribution in [2.24, 2.45) is 7.05 Å². The number of amides is 1. The Hall–Kier alpha value is -3.63. The molecule has 3 heterocycles. The van der Waals surface area contributed by atoms with Crippen LogP contribution in [-0.2, 0) is 18.0 Å². The third-order valence-electron chi connectivity index (χ3n) is 6.47. The summed E-state index contributed by atoms with van der Waals surface area (Å²) in [6, 6.07) is 4.66. The van der Waals surface area contributed by atoms with Crippen LogP contribution in [0, 0.1) is 0 Å². The normalized spacial score (nSPS) is 15.9. The van der Waals surface area contributed by atoms with Gasteiger partial charge in [0.2, 0.25) is 5.91 Å². The zero-order chi connectivity index (χ0) is 25.5. The third kappa shape index (κ3) is 5.08. The molecular weight excluding hydrogens is 461 g/mol. The zero-order valence-corrected chi connectivity index (χ0v) is 19.7. The van der Waals surface area contributed by atoms with Crippen molar-refractivity contribution < 1.29 is 18.0 Å². The maximum Gasteiger partial charge on any atom is 0.416 e. The Balaban J connectivity index is 1.69. The molecule has 3 aromatic rings. The van der Waals surface area contributed by atoms with Gasteiger partial charge in [0.05, 0.1) is 17.0 Å². The van der Waals surface area contributed by atoms with Crippen LogP contribution in [0.25, 0.3) is 10.8 Å². The molecule has 1 saturated heterocycles. The number of carbonyl (C=O) groups excluding carboxylic acids is 1. The second-order valence-electron chi connectivity index (χ2n) is 8.96. The number of aromatic nitrogens is 3. The third-order valence-corrected chi connectivity index (χ3v) is 6.47. The molecule has 0 radical (unpaired) electrons. The molecule has 1 atom stereocenters. The zero-order valence-electron chi connectivity index (χ0n) is 19.7. The average Bonchev–Trinajstić information content (AvgIpc) is 2.81. The molecule has 11 heteroatoms. The summed E-state index contributed by atoms with van der Waals surface area (Å²) in [6.07, 6.45) is -1.51. The van der Waals surface area contributed by atoms with E-state index in [2.05, 4.69) is 15.4 Å². The number of fused-ring (bicyclic) bond motifs is 1. The van der Waals surface area contributed by atoms with E-state index >= 15 is 0 Å². The van der Waals surface area contributed by atoms with Crippen molar-refractivity contribution in [2.45, 2.75) is 44.8 Å². The number of benzene rings is 1. The van der Waals surface area contributed by atoms with E-state index in [1.165, 1.54) is 24.0 Å². The number of hydrogen-bond acceptors (Lipinski definition) is 6. The number of rotatable bonds is 4. The number of pyridine rings is 1. The average molecular weight is 489 g/mol. The van der Waals surface area contributed by atoms with E-state index in [4.69, 9.17) is 5.73 Å². The minimum atomic E-state index is -4.52. The molecule has 3 N–H and O–H groups in total. The highest BCUT2D eigenvalue weighted by atomic mass is 19.4. The number of likely N-dealkylation sites (tertiary alicyclic amines) is 1. The van der Waals surface area contributed by atoms with Crippen LogP contribution in [0.1, 0.15) is 55.5 Å². The van der Waals surface area contributed by atoms with Gasteiger partial charge in [-0.3, -0.25) is 14.6 Å². The standard InChI is InChI=1S/C24H27F3N6O2/c1-13(16-8-17(24(25,26)27)10-18(28)9-16)30-22-19-11-21(15-4-6-33(7-5-15)14(2)34)29-12-20(19)23(35)32(3)31-22/h8-13,15H,4-7,28H2,1-3H3,(H,30,31)/t13-/m1/s1. The fourth-order valence-corrected chi connectivity index (χ4v) is 4.46. The summed E-state index contributed by atoms with van der Waals surface area (Å²) >= 11 is 0. The minimum absolute atomic E-state index is 0.00476. The molecule has 0 bridgehead atoms. The van der Waals surface area contributed by atoms with Crippen LogP contribution in [0.5, 0.6) is 0 Å². The summed E-state index contributed by atoms with van der Waals surface area (Å²) in [4.78, 5) is 30.6. The second kappa shape index (κ2) is 9.20. The van der Waals surface area contributed by atoms with Crippen LogP contribution >= 0.6 is 0 Å². The Morgan fingerprint density at radius 3 is 2.49 bits per heavy atom. The Labute approximate surface area is 199 Å². The molecule has 0 aliphatic carbocycles. The van der Waals surface area contributed by atoms with Crippen molar-refractivity contribution in [1.82, 2.24) is 19.7 Å². The fraction of sp³-hybridized carbons (Fsp3) is 0.417. The maximum atomic E-state index is 13.3. The molecule has 4 rings (SSSR count). The molecule has 1 aliphatic rings. The predicted molar refractivity (Wildman–Crippen MR) is 127 cm³/mol.